The van der Waals surface area contributed by atoms with E-state index in [-0.39, 0.29) is 11.5 Å². The summed E-state index contributed by atoms with van der Waals surface area (Å²) in [6.07, 6.45) is 2.68. The van der Waals surface area contributed by atoms with Gasteiger partial charge in [-0.15, -0.1) is 0 Å². The van der Waals surface area contributed by atoms with E-state index in [1.807, 2.05) is 0 Å². The monoisotopic (exact) mass is 285 g/mol. The molecule has 2 N–H and O–H groups in total. The minimum absolute atomic E-state index is 0.0434. The fourth-order valence-electron chi connectivity index (χ4n) is 1.52. The third-order valence-electron chi connectivity index (χ3n) is 2.27. The number of rotatable bonds is 3. The highest BCUT2D eigenvalue weighted by Gasteiger charge is 2.26. The smallest absolute Gasteiger partial charge is 0.191 e. The number of sulfone groups is 1. The van der Waals surface area contributed by atoms with Gasteiger partial charge in [0.2, 0.25) is 0 Å². The lowest BCUT2D eigenvalue weighted by Crippen LogP contribution is -2.12. The summed E-state index contributed by atoms with van der Waals surface area (Å²) >= 11 is 0. The molecule has 0 saturated heterocycles. The predicted octanol–water partition coefficient (Wildman–Crippen LogP) is 1.31. The number of benzene rings is 1. The molecule has 0 spiro atoms. The Labute approximate surface area is 108 Å². The van der Waals surface area contributed by atoms with E-state index < -0.39 is 32.1 Å². The zero-order valence-corrected chi connectivity index (χ0v) is 10.4. The molecule has 0 aliphatic rings. The maximum Gasteiger partial charge on any atom is 0.191 e. The van der Waals surface area contributed by atoms with E-state index in [1.54, 1.807) is 0 Å². The van der Waals surface area contributed by atoms with Gasteiger partial charge >= 0.3 is 0 Å². The number of nitrogens with zero attached hydrogens (tertiary/aromatic N) is 2. The largest absolute Gasteiger partial charge is 0.399 e. The Morgan fingerprint density at radius 3 is 2.16 bits per heavy atom. The Morgan fingerprint density at radius 2 is 1.63 bits per heavy atom. The van der Waals surface area contributed by atoms with Gasteiger partial charge in [0.05, 0.1) is 0 Å². The number of aromatic nitrogens is 2. The average Bonchev–Trinajstić information content (AvgIpc) is 2.27. The average molecular weight is 285 g/mol. The minimum atomic E-state index is -4.22. The van der Waals surface area contributed by atoms with Crippen molar-refractivity contribution in [3.63, 3.8) is 0 Å². The van der Waals surface area contributed by atoms with Crippen molar-refractivity contribution in [3.05, 3.63) is 48.1 Å². The molecule has 0 amide bonds. The number of hydrogen-bond donors (Lipinski definition) is 1. The van der Waals surface area contributed by atoms with Crippen LogP contribution in [0, 0.1) is 11.6 Å². The highest BCUT2D eigenvalue weighted by atomic mass is 32.2. The van der Waals surface area contributed by atoms with Crippen LogP contribution in [0.5, 0.6) is 0 Å². The van der Waals surface area contributed by atoms with Gasteiger partial charge in [-0.05, 0) is 18.2 Å². The molecule has 2 rings (SSSR count). The molecule has 0 aliphatic carbocycles. The normalized spacial score (nSPS) is 11.5. The van der Waals surface area contributed by atoms with Crippen LogP contribution < -0.4 is 5.73 Å². The van der Waals surface area contributed by atoms with E-state index in [4.69, 9.17) is 5.73 Å². The Kier molecular flexibility index (Phi) is 3.43. The second-order valence-corrected chi connectivity index (χ2v) is 5.66. The molecule has 5 nitrogen and oxygen atoms in total. The summed E-state index contributed by atoms with van der Waals surface area (Å²) < 4.78 is 51.0. The van der Waals surface area contributed by atoms with Gasteiger partial charge in [-0.3, -0.25) is 0 Å². The number of nitrogens with two attached hydrogens (primary N) is 1. The number of hydrogen-bond acceptors (Lipinski definition) is 5. The van der Waals surface area contributed by atoms with Crippen molar-refractivity contribution in [2.75, 3.05) is 5.73 Å². The number of nitrogen functional groups attached to an aromatic ring is 1. The first-order valence-electron chi connectivity index (χ1n) is 5.13. The van der Waals surface area contributed by atoms with Gasteiger partial charge in [-0.1, -0.05) is 0 Å². The van der Waals surface area contributed by atoms with Gasteiger partial charge in [0.15, 0.2) is 9.84 Å². The molecule has 100 valence electrons. The Morgan fingerprint density at radius 1 is 1.11 bits per heavy atom. The lowest BCUT2D eigenvalue weighted by molar-refractivity contribution is 0.519. The highest BCUT2D eigenvalue weighted by molar-refractivity contribution is 7.90. The highest BCUT2D eigenvalue weighted by Crippen LogP contribution is 2.24. The summed E-state index contributed by atoms with van der Waals surface area (Å²) in [7, 11) is -4.22. The third-order valence-corrected chi connectivity index (χ3v) is 3.92. The van der Waals surface area contributed by atoms with E-state index in [0.717, 1.165) is 12.1 Å². The van der Waals surface area contributed by atoms with Crippen molar-refractivity contribution in [3.8, 4) is 0 Å². The van der Waals surface area contributed by atoms with Crippen molar-refractivity contribution in [1.29, 1.82) is 0 Å². The molecule has 0 aliphatic heterocycles. The molecular formula is C11H9F2N3O2S. The topological polar surface area (TPSA) is 85.9 Å². The first-order chi connectivity index (χ1) is 8.90. The number of anilines is 1. The van der Waals surface area contributed by atoms with Crippen molar-refractivity contribution in [2.24, 2.45) is 0 Å². The Bertz CT molecular complexity index is 682. The summed E-state index contributed by atoms with van der Waals surface area (Å²) in [4.78, 5) is 6.39. The van der Waals surface area contributed by atoms with Gasteiger partial charge < -0.3 is 5.73 Å². The SMILES string of the molecule is Nc1cc(F)c(S(=O)(=O)Cc2ncccn2)c(F)c1. The second-order valence-electron chi connectivity index (χ2n) is 3.74. The van der Waals surface area contributed by atoms with Crippen LogP contribution >= 0.6 is 0 Å². The van der Waals surface area contributed by atoms with Crippen molar-refractivity contribution in [2.45, 2.75) is 10.6 Å². The molecule has 19 heavy (non-hydrogen) atoms. The van der Waals surface area contributed by atoms with E-state index in [1.165, 1.54) is 18.5 Å². The molecule has 0 radical (unpaired) electrons. The quantitative estimate of drug-likeness (QED) is 0.859. The molecule has 0 saturated carbocycles. The number of halogens is 2. The van der Waals surface area contributed by atoms with Gasteiger partial charge in [-0.25, -0.2) is 27.2 Å². The third kappa shape index (κ3) is 2.84. The molecule has 8 heteroatoms. The van der Waals surface area contributed by atoms with Crippen molar-refractivity contribution in [1.82, 2.24) is 9.97 Å². The maximum atomic E-state index is 13.6. The van der Waals surface area contributed by atoms with Crippen LogP contribution in [0.25, 0.3) is 0 Å². The standard InChI is InChI=1S/C11H9F2N3O2S/c12-8-4-7(14)5-9(13)11(8)19(17,18)6-10-15-2-1-3-16-10/h1-5H,6,14H2. The molecule has 2 aromatic rings. The van der Waals surface area contributed by atoms with Gasteiger partial charge in [-0.2, -0.15) is 0 Å². The summed E-state index contributed by atoms with van der Waals surface area (Å²) in [5, 5.41) is 0. The minimum Gasteiger partial charge on any atom is -0.399 e. The van der Waals surface area contributed by atoms with E-state index in [0.29, 0.717) is 0 Å². The molecule has 0 unspecified atom stereocenters. The van der Waals surface area contributed by atoms with E-state index in [9.17, 15) is 17.2 Å². The van der Waals surface area contributed by atoms with Crippen LogP contribution in [0.1, 0.15) is 5.82 Å². The fourth-order valence-corrected chi connectivity index (χ4v) is 2.87. The predicted molar refractivity (Wildman–Crippen MR) is 63.7 cm³/mol. The summed E-state index contributed by atoms with van der Waals surface area (Å²) in [6.45, 7) is 0. The molecule has 1 aromatic carbocycles. The zero-order chi connectivity index (χ0) is 14.0. The fraction of sp³-hybridized carbons (Fsp3) is 0.0909. The molecule has 0 atom stereocenters. The molecule has 0 bridgehead atoms. The van der Waals surface area contributed by atoms with Crippen LogP contribution in [-0.2, 0) is 15.6 Å². The van der Waals surface area contributed by atoms with Crippen molar-refractivity contribution >= 4 is 15.5 Å². The summed E-state index contributed by atoms with van der Waals surface area (Å²) in [5.41, 5.74) is 5.03. The molecule has 1 aromatic heterocycles. The first kappa shape index (κ1) is 13.3. The van der Waals surface area contributed by atoms with Crippen LogP contribution in [-0.4, -0.2) is 18.4 Å². The molecule has 1 heterocycles. The first-order valence-corrected chi connectivity index (χ1v) is 6.78. The van der Waals surface area contributed by atoms with Gasteiger partial charge in [0, 0.05) is 18.1 Å². The van der Waals surface area contributed by atoms with E-state index in [2.05, 4.69) is 9.97 Å². The Hall–Kier alpha value is -2.09. The van der Waals surface area contributed by atoms with Crippen molar-refractivity contribution < 1.29 is 17.2 Å². The van der Waals surface area contributed by atoms with Crippen LogP contribution in [0.2, 0.25) is 0 Å². The van der Waals surface area contributed by atoms with E-state index >= 15 is 0 Å². The lowest BCUT2D eigenvalue weighted by atomic mass is 10.3. The van der Waals surface area contributed by atoms with Crippen LogP contribution in [0.15, 0.2) is 35.5 Å². The summed E-state index contributed by atoms with van der Waals surface area (Å²) in [5.74, 6) is -3.19. The maximum absolute atomic E-state index is 13.6. The van der Waals surface area contributed by atoms with Crippen LogP contribution in [0.3, 0.4) is 0 Å². The van der Waals surface area contributed by atoms with Gasteiger partial charge in [0.25, 0.3) is 0 Å². The second kappa shape index (κ2) is 4.88. The van der Waals surface area contributed by atoms with Crippen LogP contribution in [0.4, 0.5) is 14.5 Å². The molecular weight excluding hydrogens is 276 g/mol. The Balaban J connectivity index is 2.46. The van der Waals surface area contributed by atoms with Gasteiger partial charge in [0.1, 0.15) is 28.1 Å². The zero-order valence-electron chi connectivity index (χ0n) is 9.55. The molecule has 0 fully saturated rings. The lowest BCUT2D eigenvalue weighted by Gasteiger charge is -2.07. The summed E-state index contributed by atoms with van der Waals surface area (Å²) in [6, 6.07) is 3.00.